The van der Waals surface area contributed by atoms with Crippen LogP contribution < -0.4 is 0 Å². The van der Waals surface area contributed by atoms with Crippen molar-refractivity contribution in [2.24, 2.45) is 0 Å². The van der Waals surface area contributed by atoms with Crippen molar-refractivity contribution in [1.82, 2.24) is 4.98 Å². The quantitative estimate of drug-likeness (QED) is 0.871. The molecule has 1 aromatic heterocycles. The highest BCUT2D eigenvalue weighted by Crippen LogP contribution is 2.10. The molecule has 0 radical (unpaired) electrons. The number of rotatable bonds is 4. The smallest absolute Gasteiger partial charge is 0.307 e. The molecule has 0 atom stereocenters. The van der Waals surface area contributed by atoms with Crippen LogP contribution in [0.4, 0.5) is 0 Å². The van der Waals surface area contributed by atoms with Crippen LogP contribution in [0.3, 0.4) is 0 Å². The fraction of sp³-hybridized carbons (Fsp3) is 0.143. The van der Waals surface area contributed by atoms with Crippen LogP contribution in [0, 0.1) is 0 Å². The molecule has 3 nitrogen and oxygen atoms in total. The fourth-order valence-electron chi connectivity index (χ4n) is 1.69. The monoisotopic (exact) mass is 227 g/mol. The molecule has 1 N–H and O–H groups in total. The Hall–Kier alpha value is -2.16. The first-order valence-corrected chi connectivity index (χ1v) is 5.42. The van der Waals surface area contributed by atoms with Crippen molar-refractivity contribution in [3.8, 4) is 0 Å². The summed E-state index contributed by atoms with van der Waals surface area (Å²) in [5.41, 5.74) is 3.14. The number of hydrogen-bond donors (Lipinski definition) is 1. The van der Waals surface area contributed by atoms with Crippen molar-refractivity contribution in [3.63, 3.8) is 0 Å². The van der Waals surface area contributed by atoms with Gasteiger partial charge in [-0.1, -0.05) is 30.3 Å². The number of carboxylic acids is 1. The summed E-state index contributed by atoms with van der Waals surface area (Å²) in [5, 5.41) is 8.66. The highest BCUT2D eigenvalue weighted by molar-refractivity contribution is 5.70. The van der Waals surface area contributed by atoms with E-state index < -0.39 is 5.97 Å². The lowest BCUT2D eigenvalue weighted by atomic mass is 10.0. The summed E-state index contributed by atoms with van der Waals surface area (Å²) in [6, 6.07) is 11.6. The van der Waals surface area contributed by atoms with Crippen molar-refractivity contribution in [2.45, 2.75) is 12.8 Å². The molecule has 2 aromatic rings. The third-order valence-corrected chi connectivity index (χ3v) is 2.51. The van der Waals surface area contributed by atoms with Crippen LogP contribution in [0.15, 0.2) is 48.8 Å². The summed E-state index contributed by atoms with van der Waals surface area (Å²) in [7, 11) is 0. The third-order valence-electron chi connectivity index (χ3n) is 2.51. The van der Waals surface area contributed by atoms with Crippen LogP contribution in [0.1, 0.15) is 16.7 Å². The lowest BCUT2D eigenvalue weighted by Crippen LogP contribution is -2.00. The van der Waals surface area contributed by atoms with Gasteiger partial charge in [-0.05, 0) is 29.2 Å². The largest absolute Gasteiger partial charge is 0.481 e. The van der Waals surface area contributed by atoms with E-state index >= 15 is 0 Å². The van der Waals surface area contributed by atoms with Crippen LogP contribution in [0.2, 0.25) is 0 Å². The van der Waals surface area contributed by atoms with E-state index in [1.54, 1.807) is 6.20 Å². The molecule has 0 aliphatic carbocycles. The van der Waals surface area contributed by atoms with Crippen LogP contribution in [0.25, 0.3) is 0 Å². The van der Waals surface area contributed by atoms with Crippen LogP contribution in [0.5, 0.6) is 0 Å². The van der Waals surface area contributed by atoms with E-state index in [2.05, 4.69) is 4.98 Å². The Bertz CT molecular complexity index is 491. The minimum Gasteiger partial charge on any atom is -0.481 e. The number of aliphatic carboxylic acids is 1. The Morgan fingerprint density at radius 2 is 1.76 bits per heavy atom. The molecule has 0 bridgehead atoms. The maximum Gasteiger partial charge on any atom is 0.307 e. The van der Waals surface area contributed by atoms with Crippen LogP contribution in [-0.4, -0.2) is 16.1 Å². The Morgan fingerprint density at radius 1 is 1.06 bits per heavy atom. The molecule has 1 heterocycles. The number of aromatic nitrogens is 1. The number of hydrogen-bond acceptors (Lipinski definition) is 2. The molecule has 0 saturated carbocycles. The van der Waals surface area contributed by atoms with Gasteiger partial charge in [0.05, 0.1) is 6.42 Å². The first kappa shape index (κ1) is 11.3. The number of nitrogens with zero attached hydrogens (tertiary/aromatic N) is 1. The highest BCUT2D eigenvalue weighted by atomic mass is 16.4. The molecule has 86 valence electrons. The van der Waals surface area contributed by atoms with Gasteiger partial charge in [-0.15, -0.1) is 0 Å². The number of carboxylic acid groups (broad SMARTS) is 1. The average molecular weight is 227 g/mol. The van der Waals surface area contributed by atoms with Gasteiger partial charge in [0.2, 0.25) is 0 Å². The van der Waals surface area contributed by atoms with E-state index in [-0.39, 0.29) is 6.42 Å². The van der Waals surface area contributed by atoms with Gasteiger partial charge in [-0.3, -0.25) is 9.78 Å². The predicted octanol–water partition coefficient (Wildman–Crippen LogP) is 2.30. The molecule has 0 spiro atoms. The van der Waals surface area contributed by atoms with Crippen molar-refractivity contribution < 1.29 is 9.90 Å². The molecular weight excluding hydrogens is 214 g/mol. The number of carbonyl (C=O) groups is 1. The van der Waals surface area contributed by atoms with E-state index in [9.17, 15) is 4.79 Å². The van der Waals surface area contributed by atoms with Crippen molar-refractivity contribution >= 4 is 5.97 Å². The summed E-state index contributed by atoms with van der Waals surface area (Å²) in [6.07, 6.45) is 4.49. The predicted molar refractivity (Wildman–Crippen MR) is 64.8 cm³/mol. The Morgan fingerprint density at radius 3 is 2.35 bits per heavy atom. The second-order valence-corrected chi connectivity index (χ2v) is 3.93. The SMILES string of the molecule is O=C(O)Cc1ccc(Cc2cccnc2)cc1. The average Bonchev–Trinajstić information content (AvgIpc) is 2.32. The summed E-state index contributed by atoms with van der Waals surface area (Å²) < 4.78 is 0. The van der Waals surface area contributed by atoms with E-state index in [0.717, 1.165) is 23.1 Å². The zero-order valence-corrected chi connectivity index (χ0v) is 9.34. The first-order chi connectivity index (χ1) is 8.24. The van der Waals surface area contributed by atoms with Crippen molar-refractivity contribution in [1.29, 1.82) is 0 Å². The second kappa shape index (κ2) is 5.25. The molecule has 17 heavy (non-hydrogen) atoms. The minimum atomic E-state index is -0.801. The highest BCUT2D eigenvalue weighted by Gasteiger charge is 2.01. The topological polar surface area (TPSA) is 50.2 Å². The summed E-state index contributed by atoms with van der Waals surface area (Å²) >= 11 is 0. The zero-order chi connectivity index (χ0) is 12.1. The van der Waals surface area contributed by atoms with Gasteiger partial charge in [0, 0.05) is 12.4 Å². The summed E-state index contributed by atoms with van der Waals surface area (Å²) in [6.45, 7) is 0. The Balaban J connectivity index is 2.06. The number of benzene rings is 1. The van der Waals surface area contributed by atoms with Crippen LogP contribution in [-0.2, 0) is 17.6 Å². The molecule has 3 heteroatoms. The molecule has 0 fully saturated rings. The molecular formula is C14H13NO2. The van der Waals surface area contributed by atoms with Gasteiger partial charge in [0.1, 0.15) is 0 Å². The molecule has 0 aliphatic heterocycles. The van der Waals surface area contributed by atoms with Gasteiger partial charge in [0.15, 0.2) is 0 Å². The number of pyridine rings is 1. The maximum absolute atomic E-state index is 10.5. The Labute approximate surface area is 99.8 Å². The second-order valence-electron chi connectivity index (χ2n) is 3.93. The fourth-order valence-corrected chi connectivity index (χ4v) is 1.69. The van der Waals surface area contributed by atoms with Gasteiger partial charge in [-0.25, -0.2) is 0 Å². The molecule has 2 rings (SSSR count). The van der Waals surface area contributed by atoms with E-state index in [4.69, 9.17) is 5.11 Å². The molecule has 1 aromatic carbocycles. The molecule has 0 amide bonds. The van der Waals surface area contributed by atoms with Gasteiger partial charge >= 0.3 is 5.97 Å². The van der Waals surface area contributed by atoms with Crippen LogP contribution >= 0.6 is 0 Å². The van der Waals surface area contributed by atoms with Crippen molar-refractivity contribution in [3.05, 3.63) is 65.5 Å². The standard InChI is InChI=1S/C14H13NO2/c16-14(17)9-12-5-3-11(4-6-12)8-13-2-1-7-15-10-13/h1-7,10H,8-9H2,(H,16,17). The molecule has 0 unspecified atom stereocenters. The molecule has 0 saturated heterocycles. The van der Waals surface area contributed by atoms with E-state index in [0.29, 0.717) is 0 Å². The minimum absolute atomic E-state index is 0.0766. The van der Waals surface area contributed by atoms with E-state index in [1.807, 2.05) is 42.6 Å². The van der Waals surface area contributed by atoms with E-state index in [1.165, 1.54) is 0 Å². The van der Waals surface area contributed by atoms with Gasteiger partial charge in [0.25, 0.3) is 0 Å². The summed E-state index contributed by atoms with van der Waals surface area (Å²) in [5.74, 6) is -0.801. The van der Waals surface area contributed by atoms with Gasteiger partial charge < -0.3 is 5.11 Å². The maximum atomic E-state index is 10.5. The zero-order valence-electron chi connectivity index (χ0n) is 9.34. The van der Waals surface area contributed by atoms with Gasteiger partial charge in [-0.2, -0.15) is 0 Å². The lowest BCUT2D eigenvalue weighted by Gasteiger charge is -2.02. The van der Waals surface area contributed by atoms with Crippen molar-refractivity contribution in [2.75, 3.05) is 0 Å². The lowest BCUT2D eigenvalue weighted by molar-refractivity contribution is -0.136. The Kier molecular flexibility index (Phi) is 3.50. The normalized spacial score (nSPS) is 10.1. The molecule has 0 aliphatic rings. The summed E-state index contributed by atoms with van der Waals surface area (Å²) in [4.78, 5) is 14.6. The third kappa shape index (κ3) is 3.41. The first-order valence-electron chi connectivity index (χ1n) is 5.42.